The van der Waals surface area contributed by atoms with Crippen LogP contribution in [0.4, 0.5) is 0 Å². The number of hydrogen-bond donors (Lipinski definition) is 2. The lowest BCUT2D eigenvalue weighted by molar-refractivity contribution is -0.116. The number of aliphatic hydroxyl groups excluding tert-OH is 1. The lowest BCUT2D eigenvalue weighted by atomic mass is 10.3. The number of ether oxygens (including phenoxy) is 1. The first-order valence-corrected chi connectivity index (χ1v) is 2.80. The summed E-state index contributed by atoms with van der Waals surface area (Å²) in [6, 6.07) is -0.0693. The van der Waals surface area contributed by atoms with Gasteiger partial charge in [0.25, 0.3) is 0 Å². The summed E-state index contributed by atoms with van der Waals surface area (Å²) in [4.78, 5) is 10.00. The molecule has 0 aliphatic carbocycles. The van der Waals surface area contributed by atoms with Gasteiger partial charge in [0.05, 0.1) is 19.3 Å². The van der Waals surface area contributed by atoms with E-state index in [4.69, 9.17) is 9.84 Å². The standard InChI is InChI=1S/C5H9NO3/c7-1-4-3-9-5(2-8)6-4/h2,4-7H,1,3H2. The molecule has 1 saturated heterocycles. The zero-order valence-corrected chi connectivity index (χ0v) is 4.91. The molecule has 1 fully saturated rings. The van der Waals surface area contributed by atoms with Crippen LogP contribution in [0.3, 0.4) is 0 Å². The fraction of sp³-hybridized carbons (Fsp3) is 0.800. The molecule has 0 spiro atoms. The Morgan fingerprint density at radius 2 is 2.67 bits per heavy atom. The highest BCUT2D eigenvalue weighted by Gasteiger charge is 2.22. The molecule has 4 heteroatoms. The van der Waals surface area contributed by atoms with Gasteiger partial charge in [0.1, 0.15) is 0 Å². The molecule has 1 aliphatic heterocycles. The number of carbonyl (C=O) groups is 1. The first-order chi connectivity index (χ1) is 4.36. The van der Waals surface area contributed by atoms with Crippen LogP contribution in [0.1, 0.15) is 0 Å². The summed E-state index contributed by atoms with van der Waals surface area (Å²) in [5.74, 6) is 0. The fourth-order valence-corrected chi connectivity index (χ4v) is 0.732. The Bertz CT molecular complexity index is 106. The van der Waals surface area contributed by atoms with Gasteiger partial charge in [-0.3, -0.25) is 10.1 Å². The van der Waals surface area contributed by atoms with Crippen molar-refractivity contribution < 1.29 is 14.6 Å². The summed E-state index contributed by atoms with van der Waals surface area (Å²) in [5.41, 5.74) is 0. The van der Waals surface area contributed by atoms with Crippen molar-refractivity contribution in [2.24, 2.45) is 0 Å². The lowest BCUT2D eigenvalue weighted by Gasteiger charge is -2.01. The summed E-state index contributed by atoms with van der Waals surface area (Å²) < 4.78 is 4.87. The Morgan fingerprint density at radius 3 is 3.00 bits per heavy atom. The Balaban J connectivity index is 2.28. The third-order valence-electron chi connectivity index (χ3n) is 1.22. The molecule has 9 heavy (non-hydrogen) atoms. The van der Waals surface area contributed by atoms with Crippen molar-refractivity contribution in [2.75, 3.05) is 13.2 Å². The normalized spacial score (nSPS) is 34.8. The van der Waals surface area contributed by atoms with E-state index in [2.05, 4.69) is 5.32 Å². The van der Waals surface area contributed by atoms with Gasteiger partial charge < -0.3 is 9.84 Å². The van der Waals surface area contributed by atoms with Crippen molar-refractivity contribution in [3.63, 3.8) is 0 Å². The number of rotatable bonds is 2. The number of hydrogen-bond acceptors (Lipinski definition) is 4. The van der Waals surface area contributed by atoms with Gasteiger partial charge >= 0.3 is 0 Å². The molecule has 52 valence electrons. The van der Waals surface area contributed by atoms with Crippen LogP contribution in [-0.2, 0) is 9.53 Å². The molecule has 2 N–H and O–H groups in total. The maximum atomic E-state index is 10.00. The van der Waals surface area contributed by atoms with Crippen molar-refractivity contribution >= 4 is 6.29 Å². The minimum absolute atomic E-state index is 0.0182. The Morgan fingerprint density at radius 1 is 1.89 bits per heavy atom. The van der Waals surface area contributed by atoms with E-state index in [0.29, 0.717) is 12.9 Å². The first-order valence-electron chi connectivity index (χ1n) is 2.80. The van der Waals surface area contributed by atoms with Crippen LogP contribution in [0.25, 0.3) is 0 Å². The van der Waals surface area contributed by atoms with Gasteiger partial charge in [-0.15, -0.1) is 0 Å². The maximum Gasteiger partial charge on any atom is 0.165 e. The highest BCUT2D eigenvalue weighted by Crippen LogP contribution is 1.98. The van der Waals surface area contributed by atoms with Crippen LogP contribution in [0, 0.1) is 0 Å². The molecule has 1 rings (SSSR count). The molecule has 0 radical (unpaired) electrons. The minimum atomic E-state index is -0.512. The molecule has 0 aromatic rings. The molecular weight excluding hydrogens is 122 g/mol. The van der Waals surface area contributed by atoms with Gasteiger partial charge in [-0.25, -0.2) is 0 Å². The molecule has 1 aliphatic rings. The van der Waals surface area contributed by atoms with Crippen LogP contribution in [0.5, 0.6) is 0 Å². The molecule has 2 unspecified atom stereocenters. The van der Waals surface area contributed by atoms with Crippen LogP contribution in [0.15, 0.2) is 0 Å². The summed E-state index contributed by atoms with van der Waals surface area (Å²) in [7, 11) is 0. The smallest absolute Gasteiger partial charge is 0.165 e. The second-order valence-corrected chi connectivity index (χ2v) is 1.94. The van der Waals surface area contributed by atoms with Gasteiger partial charge in [-0.1, -0.05) is 0 Å². The van der Waals surface area contributed by atoms with E-state index in [0.717, 1.165) is 0 Å². The predicted molar refractivity (Wildman–Crippen MR) is 29.8 cm³/mol. The summed E-state index contributed by atoms with van der Waals surface area (Å²) in [6.45, 7) is 0.435. The van der Waals surface area contributed by atoms with Crippen LogP contribution in [-0.4, -0.2) is 36.9 Å². The van der Waals surface area contributed by atoms with E-state index in [9.17, 15) is 4.79 Å². The first kappa shape index (κ1) is 6.67. The van der Waals surface area contributed by atoms with Crippen LogP contribution < -0.4 is 5.32 Å². The quantitative estimate of drug-likeness (QED) is 0.447. The molecule has 1 heterocycles. The minimum Gasteiger partial charge on any atom is -0.395 e. The van der Waals surface area contributed by atoms with Crippen LogP contribution >= 0.6 is 0 Å². The fourth-order valence-electron chi connectivity index (χ4n) is 0.732. The maximum absolute atomic E-state index is 10.00. The van der Waals surface area contributed by atoms with Gasteiger partial charge in [-0.2, -0.15) is 0 Å². The lowest BCUT2D eigenvalue weighted by Crippen LogP contribution is -2.33. The number of nitrogens with one attached hydrogen (secondary N) is 1. The second kappa shape index (κ2) is 2.91. The van der Waals surface area contributed by atoms with Gasteiger partial charge in [0.15, 0.2) is 12.5 Å². The van der Waals surface area contributed by atoms with E-state index in [1.54, 1.807) is 0 Å². The SMILES string of the molecule is O=CC1NC(CO)CO1. The Kier molecular flexibility index (Phi) is 2.16. The van der Waals surface area contributed by atoms with E-state index in [1.807, 2.05) is 0 Å². The highest BCUT2D eigenvalue weighted by atomic mass is 16.5. The molecular formula is C5H9NO3. The van der Waals surface area contributed by atoms with Crippen molar-refractivity contribution in [1.82, 2.24) is 5.32 Å². The van der Waals surface area contributed by atoms with E-state index in [1.165, 1.54) is 0 Å². The van der Waals surface area contributed by atoms with Crippen LogP contribution in [0.2, 0.25) is 0 Å². The van der Waals surface area contributed by atoms with Gasteiger partial charge in [-0.05, 0) is 0 Å². The molecule has 0 saturated carbocycles. The van der Waals surface area contributed by atoms with E-state index < -0.39 is 6.23 Å². The van der Waals surface area contributed by atoms with Crippen molar-refractivity contribution in [3.05, 3.63) is 0 Å². The van der Waals surface area contributed by atoms with E-state index >= 15 is 0 Å². The summed E-state index contributed by atoms with van der Waals surface area (Å²) in [5, 5.41) is 11.3. The number of aliphatic hydroxyl groups is 1. The summed E-state index contributed by atoms with van der Waals surface area (Å²) >= 11 is 0. The molecule has 4 nitrogen and oxygen atoms in total. The van der Waals surface area contributed by atoms with Crippen molar-refractivity contribution in [2.45, 2.75) is 12.3 Å². The van der Waals surface area contributed by atoms with Gasteiger partial charge in [0.2, 0.25) is 0 Å². The van der Waals surface area contributed by atoms with Crippen molar-refractivity contribution in [3.8, 4) is 0 Å². The molecule has 0 aromatic heterocycles. The highest BCUT2D eigenvalue weighted by molar-refractivity contribution is 5.55. The van der Waals surface area contributed by atoms with E-state index in [-0.39, 0.29) is 12.6 Å². The monoisotopic (exact) mass is 131 g/mol. The molecule has 2 atom stereocenters. The molecule has 0 aromatic carbocycles. The number of aldehydes is 1. The number of carbonyl (C=O) groups excluding carboxylic acids is 1. The topological polar surface area (TPSA) is 58.6 Å². The zero-order valence-electron chi connectivity index (χ0n) is 4.91. The predicted octanol–water partition coefficient (Wildman–Crippen LogP) is -1.51. The Labute approximate surface area is 52.8 Å². The molecule has 0 bridgehead atoms. The average molecular weight is 131 g/mol. The Hall–Kier alpha value is -0.450. The largest absolute Gasteiger partial charge is 0.395 e. The zero-order chi connectivity index (χ0) is 6.69. The second-order valence-electron chi connectivity index (χ2n) is 1.94. The summed E-state index contributed by atoms with van der Waals surface area (Å²) in [6.07, 6.45) is 0.164. The third kappa shape index (κ3) is 1.48. The third-order valence-corrected chi connectivity index (χ3v) is 1.22. The van der Waals surface area contributed by atoms with Crippen molar-refractivity contribution in [1.29, 1.82) is 0 Å². The molecule has 0 amide bonds. The average Bonchev–Trinajstić information content (AvgIpc) is 2.34. The van der Waals surface area contributed by atoms with Gasteiger partial charge in [0, 0.05) is 0 Å².